The minimum atomic E-state index is 0.702. The van der Waals surface area contributed by atoms with Gasteiger partial charge in [0, 0.05) is 19.1 Å². The topological polar surface area (TPSA) is 28.2 Å². The van der Waals surface area contributed by atoms with E-state index in [2.05, 4.69) is 47.2 Å². The number of nitrogens with zero attached hydrogens (tertiary/aromatic N) is 2. The second-order valence-electron chi connectivity index (χ2n) is 5.26. The first-order valence-corrected chi connectivity index (χ1v) is 7.23. The lowest BCUT2D eigenvalue weighted by atomic mass is 10.0. The number of pyridine rings is 1. The Kier molecular flexibility index (Phi) is 5.00. The lowest BCUT2D eigenvalue weighted by Gasteiger charge is -2.33. The van der Waals surface area contributed by atoms with E-state index in [1.165, 1.54) is 31.5 Å². The Balaban J connectivity index is 1.95. The quantitative estimate of drug-likeness (QED) is 0.865. The molecule has 0 amide bonds. The van der Waals surface area contributed by atoms with Crippen molar-refractivity contribution in [3.63, 3.8) is 0 Å². The van der Waals surface area contributed by atoms with Crippen LogP contribution in [0.5, 0.6) is 0 Å². The number of piperidine rings is 1. The molecule has 18 heavy (non-hydrogen) atoms. The number of hydrogen-bond acceptors (Lipinski definition) is 3. The van der Waals surface area contributed by atoms with Gasteiger partial charge in [0.05, 0.1) is 5.69 Å². The molecule has 2 rings (SSSR count). The number of likely N-dealkylation sites (tertiary alicyclic amines) is 1. The van der Waals surface area contributed by atoms with Gasteiger partial charge in [0.1, 0.15) is 5.82 Å². The molecule has 0 spiro atoms. The fourth-order valence-corrected chi connectivity index (χ4v) is 2.52. The van der Waals surface area contributed by atoms with Gasteiger partial charge in [0.15, 0.2) is 0 Å². The van der Waals surface area contributed by atoms with Crippen molar-refractivity contribution in [2.24, 2.45) is 0 Å². The van der Waals surface area contributed by atoms with Gasteiger partial charge in [-0.1, -0.05) is 19.4 Å². The molecule has 0 saturated carbocycles. The maximum absolute atomic E-state index is 4.69. The van der Waals surface area contributed by atoms with E-state index in [1.807, 2.05) is 0 Å². The molecule has 1 fully saturated rings. The van der Waals surface area contributed by atoms with E-state index in [9.17, 15) is 0 Å². The van der Waals surface area contributed by atoms with Crippen molar-refractivity contribution in [3.8, 4) is 0 Å². The van der Waals surface area contributed by atoms with Crippen molar-refractivity contribution in [2.75, 3.05) is 18.4 Å². The average molecular weight is 247 g/mol. The Hall–Kier alpha value is -1.09. The van der Waals surface area contributed by atoms with E-state index in [0.717, 1.165) is 25.3 Å². The number of rotatable bonds is 5. The summed E-state index contributed by atoms with van der Waals surface area (Å²) in [5.74, 6) is 1.01. The Morgan fingerprint density at radius 1 is 1.39 bits per heavy atom. The molecule has 1 atom stereocenters. The molecule has 0 aliphatic carbocycles. The third kappa shape index (κ3) is 3.70. The molecule has 1 aliphatic rings. The van der Waals surface area contributed by atoms with Crippen LogP contribution in [0.3, 0.4) is 0 Å². The zero-order valence-corrected chi connectivity index (χ0v) is 11.7. The molecule has 1 N–H and O–H groups in total. The molecule has 1 aromatic heterocycles. The summed E-state index contributed by atoms with van der Waals surface area (Å²) in [6.07, 6.45) is 5.17. The molecule has 3 heteroatoms. The molecule has 1 saturated heterocycles. The van der Waals surface area contributed by atoms with Crippen molar-refractivity contribution in [1.29, 1.82) is 0 Å². The van der Waals surface area contributed by atoms with Crippen LogP contribution in [-0.4, -0.2) is 29.0 Å². The van der Waals surface area contributed by atoms with Gasteiger partial charge in [-0.2, -0.15) is 0 Å². The number of aromatic nitrogens is 1. The Morgan fingerprint density at radius 3 is 3.06 bits per heavy atom. The third-order valence-corrected chi connectivity index (χ3v) is 3.67. The minimum Gasteiger partial charge on any atom is -0.370 e. The summed E-state index contributed by atoms with van der Waals surface area (Å²) >= 11 is 0. The van der Waals surface area contributed by atoms with Gasteiger partial charge in [0.2, 0.25) is 0 Å². The highest BCUT2D eigenvalue weighted by Gasteiger charge is 2.18. The minimum absolute atomic E-state index is 0.702. The van der Waals surface area contributed by atoms with E-state index in [4.69, 9.17) is 0 Å². The zero-order valence-electron chi connectivity index (χ0n) is 11.7. The van der Waals surface area contributed by atoms with Gasteiger partial charge in [-0.3, -0.25) is 4.90 Å². The summed E-state index contributed by atoms with van der Waals surface area (Å²) in [4.78, 5) is 7.24. The van der Waals surface area contributed by atoms with Crippen LogP contribution in [-0.2, 0) is 6.54 Å². The molecule has 3 nitrogen and oxygen atoms in total. The summed E-state index contributed by atoms with van der Waals surface area (Å²) in [5, 5.41) is 3.35. The number of hydrogen-bond donors (Lipinski definition) is 1. The van der Waals surface area contributed by atoms with Crippen LogP contribution in [0, 0.1) is 0 Å². The van der Waals surface area contributed by atoms with Crippen molar-refractivity contribution in [3.05, 3.63) is 23.9 Å². The first-order chi connectivity index (χ1) is 8.79. The van der Waals surface area contributed by atoms with Gasteiger partial charge >= 0.3 is 0 Å². The largest absolute Gasteiger partial charge is 0.370 e. The highest BCUT2D eigenvalue weighted by molar-refractivity contribution is 5.35. The van der Waals surface area contributed by atoms with Crippen LogP contribution in [0.25, 0.3) is 0 Å². The van der Waals surface area contributed by atoms with Gasteiger partial charge in [0.25, 0.3) is 0 Å². The predicted molar refractivity (Wildman–Crippen MR) is 76.7 cm³/mol. The first-order valence-electron chi connectivity index (χ1n) is 7.23. The van der Waals surface area contributed by atoms with Crippen molar-refractivity contribution >= 4 is 5.82 Å². The molecular weight excluding hydrogens is 222 g/mol. The van der Waals surface area contributed by atoms with Crippen molar-refractivity contribution in [2.45, 2.75) is 52.1 Å². The fourth-order valence-electron chi connectivity index (χ4n) is 2.52. The molecule has 2 heterocycles. The molecule has 0 aromatic carbocycles. The SMILES string of the molecule is CCCNc1cccc(CN2CCCCC2C)n1. The Labute approximate surface area is 111 Å². The summed E-state index contributed by atoms with van der Waals surface area (Å²) < 4.78 is 0. The van der Waals surface area contributed by atoms with E-state index >= 15 is 0 Å². The summed E-state index contributed by atoms with van der Waals surface area (Å²) in [7, 11) is 0. The van der Waals surface area contributed by atoms with Crippen molar-refractivity contribution in [1.82, 2.24) is 9.88 Å². The highest BCUT2D eigenvalue weighted by Crippen LogP contribution is 2.18. The van der Waals surface area contributed by atoms with Gasteiger partial charge in [-0.05, 0) is 44.9 Å². The van der Waals surface area contributed by atoms with Gasteiger partial charge < -0.3 is 5.32 Å². The van der Waals surface area contributed by atoms with E-state index in [0.29, 0.717) is 6.04 Å². The molecule has 0 bridgehead atoms. The second kappa shape index (κ2) is 6.74. The van der Waals surface area contributed by atoms with E-state index < -0.39 is 0 Å². The fraction of sp³-hybridized carbons (Fsp3) is 0.667. The Morgan fingerprint density at radius 2 is 2.28 bits per heavy atom. The maximum Gasteiger partial charge on any atom is 0.126 e. The third-order valence-electron chi connectivity index (χ3n) is 3.67. The van der Waals surface area contributed by atoms with E-state index in [-0.39, 0.29) is 0 Å². The lowest BCUT2D eigenvalue weighted by molar-refractivity contribution is 0.151. The molecule has 0 radical (unpaired) electrons. The van der Waals surface area contributed by atoms with Crippen LogP contribution < -0.4 is 5.32 Å². The molecule has 1 unspecified atom stereocenters. The smallest absolute Gasteiger partial charge is 0.126 e. The second-order valence-corrected chi connectivity index (χ2v) is 5.26. The normalized spacial score (nSPS) is 20.9. The summed E-state index contributed by atoms with van der Waals surface area (Å²) in [6, 6.07) is 7.00. The number of anilines is 1. The monoisotopic (exact) mass is 247 g/mol. The van der Waals surface area contributed by atoms with Crippen LogP contribution in [0.15, 0.2) is 18.2 Å². The van der Waals surface area contributed by atoms with Crippen LogP contribution in [0.2, 0.25) is 0 Å². The summed E-state index contributed by atoms with van der Waals surface area (Å²) in [5.41, 5.74) is 1.19. The van der Waals surface area contributed by atoms with Crippen LogP contribution >= 0.6 is 0 Å². The molecule has 1 aromatic rings. The summed E-state index contributed by atoms with van der Waals surface area (Å²) in [6.45, 7) is 7.71. The molecule has 100 valence electrons. The van der Waals surface area contributed by atoms with E-state index in [1.54, 1.807) is 0 Å². The predicted octanol–water partition coefficient (Wildman–Crippen LogP) is 3.28. The van der Waals surface area contributed by atoms with Gasteiger partial charge in [-0.15, -0.1) is 0 Å². The highest BCUT2D eigenvalue weighted by atomic mass is 15.2. The van der Waals surface area contributed by atoms with Crippen LogP contribution in [0.1, 0.15) is 45.2 Å². The van der Waals surface area contributed by atoms with Crippen molar-refractivity contribution < 1.29 is 0 Å². The van der Waals surface area contributed by atoms with Crippen LogP contribution in [0.4, 0.5) is 5.82 Å². The maximum atomic E-state index is 4.69. The number of nitrogens with one attached hydrogen (secondary N) is 1. The lowest BCUT2D eigenvalue weighted by Crippen LogP contribution is -2.37. The zero-order chi connectivity index (χ0) is 12.8. The first kappa shape index (κ1) is 13.3. The molecular formula is C15H25N3. The van der Waals surface area contributed by atoms with Gasteiger partial charge in [-0.25, -0.2) is 4.98 Å². The molecule has 1 aliphatic heterocycles. The standard InChI is InChI=1S/C15H25N3/c1-3-10-16-15-9-6-8-14(17-15)12-18-11-5-4-7-13(18)2/h6,8-9,13H,3-5,7,10-12H2,1-2H3,(H,16,17). The average Bonchev–Trinajstić information content (AvgIpc) is 2.40. The Bertz CT molecular complexity index is 365.